The molecule has 3 rings (SSSR count). The van der Waals surface area contributed by atoms with E-state index in [0.717, 1.165) is 12.8 Å². The molecule has 0 atom stereocenters. The van der Waals surface area contributed by atoms with Crippen molar-refractivity contribution in [1.29, 1.82) is 0 Å². The second-order valence-corrected chi connectivity index (χ2v) is 10.5. The van der Waals surface area contributed by atoms with Gasteiger partial charge in [0, 0.05) is 23.8 Å². The summed E-state index contributed by atoms with van der Waals surface area (Å²) in [7, 11) is -7.12. The molecule has 1 aliphatic rings. The van der Waals surface area contributed by atoms with E-state index in [9.17, 15) is 21.6 Å². The fraction of sp³-hybridized carbons (Fsp3) is 0.250. The summed E-state index contributed by atoms with van der Waals surface area (Å²) in [6.45, 7) is 3.62. The molecule has 0 unspecified atom stereocenters. The number of amides is 1. The highest BCUT2D eigenvalue weighted by Gasteiger charge is 2.28. The molecule has 0 spiro atoms. The van der Waals surface area contributed by atoms with Gasteiger partial charge in [0.15, 0.2) is 0 Å². The third-order valence-electron chi connectivity index (χ3n) is 4.32. The van der Waals surface area contributed by atoms with Crippen LogP contribution in [0.25, 0.3) is 0 Å². The maximum Gasteiger partial charge on any atom is 0.255 e. The molecule has 2 aromatic carbocycles. The first-order chi connectivity index (χ1) is 14.2. The van der Waals surface area contributed by atoms with Gasteiger partial charge < -0.3 is 5.32 Å². The molecule has 2 aromatic rings. The molecule has 1 saturated carbocycles. The lowest BCUT2D eigenvalue weighted by Gasteiger charge is -2.09. The molecule has 0 heterocycles. The van der Waals surface area contributed by atoms with E-state index in [1.54, 1.807) is 24.3 Å². The number of rotatable bonds is 10. The van der Waals surface area contributed by atoms with Gasteiger partial charge in [0.1, 0.15) is 0 Å². The summed E-state index contributed by atoms with van der Waals surface area (Å²) in [4.78, 5) is 12.6. The van der Waals surface area contributed by atoms with Crippen LogP contribution in [0.15, 0.2) is 66.1 Å². The van der Waals surface area contributed by atoms with Crippen LogP contribution in [-0.4, -0.2) is 35.3 Å². The van der Waals surface area contributed by atoms with Gasteiger partial charge in [0.25, 0.3) is 5.91 Å². The molecule has 1 fully saturated rings. The molecule has 1 amide bonds. The van der Waals surface area contributed by atoms with Crippen molar-refractivity contribution >= 4 is 31.6 Å². The van der Waals surface area contributed by atoms with Gasteiger partial charge in [0.2, 0.25) is 20.0 Å². The van der Waals surface area contributed by atoms with Gasteiger partial charge in [-0.05, 0) is 48.7 Å². The Morgan fingerprint density at radius 1 is 1.07 bits per heavy atom. The summed E-state index contributed by atoms with van der Waals surface area (Å²) in [6, 6.07) is 12.2. The Bertz CT molecular complexity index is 1140. The van der Waals surface area contributed by atoms with Crippen molar-refractivity contribution in [3.63, 3.8) is 0 Å². The minimum absolute atomic E-state index is 0.0261. The van der Waals surface area contributed by atoms with Gasteiger partial charge in [-0.1, -0.05) is 24.3 Å². The Kier molecular flexibility index (Phi) is 6.71. The van der Waals surface area contributed by atoms with Crippen molar-refractivity contribution in [2.24, 2.45) is 0 Å². The van der Waals surface area contributed by atoms with E-state index in [1.165, 1.54) is 30.3 Å². The number of hydrogen-bond donors (Lipinski definition) is 3. The largest absolute Gasteiger partial charge is 0.322 e. The number of carbonyl (C=O) groups excluding carboxylic acids is 1. The predicted molar refractivity (Wildman–Crippen MR) is 115 cm³/mol. The minimum Gasteiger partial charge on any atom is -0.322 e. The van der Waals surface area contributed by atoms with Gasteiger partial charge in [-0.2, -0.15) is 0 Å². The second kappa shape index (κ2) is 9.09. The van der Waals surface area contributed by atoms with Crippen LogP contribution in [-0.2, 0) is 25.8 Å². The van der Waals surface area contributed by atoms with E-state index in [2.05, 4.69) is 21.3 Å². The molecule has 160 valence electrons. The first-order valence-corrected chi connectivity index (χ1v) is 12.4. The summed E-state index contributed by atoms with van der Waals surface area (Å²) in [5, 5.41) is 2.68. The predicted octanol–water partition coefficient (Wildman–Crippen LogP) is 1.98. The highest BCUT2D eigenvalue weighted by molar-refractivity contribution is 7.89. The molecule has 8 nitrogen and oxygen atoms in total. The number of sulfonamides is 2. The lowest BCUT2D eigenvalue weighted by Crippen LogP contribution is -2.26. The zero-order valence-corrected chi connectivity index (χ0v) is 17.8. The van der Waals surface area contributed by atoms with E-state index >= 15 is 0 Å². The average Bonchev–Trinajstić information content (AvgIpc) is 3.51. The van der Waals surface area contributed by atoms with E-state index < -0.39 is 26.0 Å². The normalized spacial score (nSPS) is 14.3. The van der Waals surface area contributed by atoms with Crippen LogP contribution in [0.1, 0.15) is 28.8 Å². The summed E-state index contributed by atoms with van der Waals surface area (Å²) in [6.07, 6.45) is 3.10. The van der Waals surface area contributed by atoms with Crippen LogP contribution in [0.3, 0.4) is 0 Å². The Labute approximate surface area is 176 Å². The fourth-order valence-electron chi connectivity index (χ4n) is 2.64. The topological polar surface area (TPSA) is 121 Å². The molecule has 3 N–H and O–H groups in total. The monoisotopic (exact) mass is 449 g/mol. The summed E-state index contributed by atoms with van der Waals surface area (Å²) < 4.78 is 53.4. The van der Waals surface area contributed by atoms with Crippen LogP contribution >= 0.6 is 0 Å². The lowest BCUT2D eigenvalue weighted by atomic mass is 10.2. The number of carbonyl (C=O) groups is 1. The third-order valence-corrected chi connectivity index (χ3v) is 7.16. The van der Waals surface area contributed by atoms with E-state index in [-0.39, 0.29) is 28.8 Å². The van der Waals surface area contributed by atoms with E-state index in [0.29, 0.717) is 11.3 Å². The Morgan fingerprint density at radius 2 is 1.77 bits per heavy atom. The smallest absolute Gasteiger partial charge is 0.255 e. The molecule has 10 heteroatoms. The number of nitrogens with one attached hydrogen (secondary N) is 3. The minimum atomic E-state index is -3.65. The van der Waals surface area contributed by atoms with Crippen LogP contribution in [0.4, 0.5) is 5.69 Å². The SMILES string of the molecule is C=CCNS(=O)(=O)Cc1ccc(NC(=O)c2cccc(S(=O)(=O)NC3CC3)c2)cc1. The maximum absolute atomic E-state index is 12.5. The van der Waals surface area contributed by atoms with Crippen LogP contribution in [0.5, 0.6) is 0 Å². The van der Waals surface area contributed by atoms with Crippen molar-refractivity contribution in [3.8, 4) is 0 Å². The van der Waals surface area contributed by atoms with Crippen LogP contribution < -0.4 is 14.8 Å². The maximum atomic E-state index is 12.5. The van der Waals surface area contributed by atoms with Crippen molar-refractivity contribution in [1.82, 2.24) is 9.44 Å². The second-order valence-electron chi connectivity index (χ2n) is 6.97. The molecular weight excluding hydrogens is 426 g/mol. The van der Waals surface area contributed by atoms with E-state index in [4.69, 9.17) is 0 Å². The summed E-state index contributed by atoms with van der Waals surface area (Å²) >= 11 is 0. The molecule has 0 bridgehead atoms. The molecular formula is C20H23N3O5S2. The quantitative estimate of drug-likeness (QED) is 0.479. The zero-order valence-electron chi connectivity index (χ0n) is 16.2. The zero-order chi connectivity index (χ0) is 21.8. The van der Waals surface area contributed by atoms with Crippen LogP contribution in [0, 0.1) is 0 Å². The van der Waals surface area contributed by atoms with Gasteiger partial charge in [-0.15, -0.1) is 6.58 Å². The van der Waals surface area contributed by atoms with Crippen molar-refractivity contribution in [2.75, 3.05) is 11.9 Å². The number of anilines is 1. The van der Waals surface area contributed by atoms with Gasteiger partial charge in [0.05, 0.1) is 10.6 Å². The Balaban J connectivity index is 1.66. The molecule has 0 saturated heterocycles. The molecule has 0 radical (unpaired) electrons. The van der Waals surface area contributed by atoms with Gasteiger partial charge in [-0.3, -0.25) is 4.79 Å². The Hall–Kier alpha value is -2.53. The Morgan fingerprint density at radius 3 is 2.40 bits per heavy atom. The molecule has 1 aliphatic carbocycles. The van der Waals surface area contributed by atoms with Crippen molar-refractivity contribution < 1.29 is 21.6 Å². The van der Waals surface area contributed by atoms with Crippen molar-refractivity contribution in [2.45, 2.75) is 29.5 Å². The molecule has 0 aromatic heterocycles. The first-order valence-electron chi connectivity index (χ1n) is 9.29. The fourth-order valence-corrected chi connectivity index (χ4v) is 5.09. The highest BCUT2D eigenvalue weighted by atomic mass is 32.2. The standard InChI is InChI=1S/C20H23N3O5S2/c1-2-12-21-29(25,26)14-15-6-8-17(9-7-15)22-20(24)16-4-3-5-19(13-16)30(27,28)23-18-10-11-18/h2-9,13,18,21,23H,1,10-12,14H2,(H,22,24). The van der Waals surface area contributed by atoms with Crippen molar-refractivity contribution in [3.05, 3.63) is 72.3 Å². The summed E-state index contributed by atoms with van der Waals surface area (Å²) in [5.74, 6) is -0.658. The molecule has 30 heavy (non-hydrogen) atoms. The summed E-state index contributed by atoms with van der Waals surface area (Å²) in [5.41, 5.74) is 1.22. The third kappa shape index (κ3) is 6.23. The van der Waals surface area contributed by atoms with Gasteiger partial charge >= 0.3 is 0 Å². The molecule has 0 aliphatic heterocycles. The average molecular weight is 450 g/mol. The number of benzene rings is 2. The van der Waals surface area contributed by atoms with E-state index in [1.807, 2.05) is 0 Å². The van der Waals surface area contributed by atoms with Gasteiger partial charge in [-0.25, -0.2) is 26.3 Å². The first kappa shape index (κ1) is 22.2. The van der Waals surface area contributed by atoms with Crippen LogP contribution in [0.2, 0.25) is 0 Å². The number of hydrogen-bond acceptors (Lipinski definition) is 5. The highest BCUT2D eigenvalue weighted by Crippen LogP contribution is 2.22. The lowest BCUT2D eigenvalue weighted by molar-refractivity contribution is 0.102.